The van der Waals surface area contributed by atoms with Crippen LogP contribution in [-0.2, 0) is 4.74 Å². The highest BCUT2D eigenvalue weighted by molar-refractivity contribution is 8.14. The number of amides is 1. The molecular formula is C22H23ClN2O3S. The quantitative estimate of drug-likeness (QED) is 0.667. The Labute approximate surface area is 180 Å². The maximum atomic E-state index is 13.3. The van der Waals surface area contributed by atoms with Crippen LogP contribution in [0.1, 0.15) is 30.1 Å². The average molecular weight is 431 g/mol. The van der Waals surface area contributed by atoms with Gasteiger partial charge in [-0.25, -0.2) is 0 Å². The topological polar surface area (TPSA) is 51.1 Å². The third-order valence-corrected chi connectivity index (χ3v) is 6.27. The van der Waals surface area contributed by atoms with Crippen LogP contribution in [0.2, 0.25) is 5.02 Å². The first-order chi connectivity index (χ1) is 14.1. The van der Waals surface area contributed by atoms with Crippen molar-refractivity contribution in [3.63, 3.8) is 0 Å². The van der Waals surface area contributed by atoms with Crippen LogP contribution in [0.15, 0.2) is 53.5 Å². The van der Waals surface area contributed by atoms with Crippen molar-refractivity contribution in [1.29, 1.82) is 0 Å². The molecule has 7 heteroatoms. The first kappa shape index (κ1) is 20.3. The molecule has 0 spiro atoms. The van der Waals surface area contributed by atoms with E-state index in [9.17, 15) is 4.79 Å². The number of aliphatic imine (C=N–C) groups is 1. The van der Waals surface area contributed by atoms with E-state index < -0.39 is 0 Å². The molecule has 0 N–H and O–H groups in total. The molecular weight excluding hydrogens is 408 g/mol. The summed E-state index contributed by atoms with van der Waals surface area (Å²) in [5, 5.41) is 1.34. The normalized spacial score (nSPS) is 21.1. The number of carbonyl (C=O) groups is 1. The van der Waals surface area contributed by atoms with E-state index >= 15 is 0 Å². The minimum absolute atomic E-state index is 0.127. The number of anilines is 1. The third kappa shape index (κ3) is 4.94. The highest BCUT2D eigenvalue weighted by atomic mass is 35.5. The van der Waals surface area contributed by atoms with Gasteiger partial charge in [-0.3, -0.25) is 14.7 Å². The van der Waals surface area contributed by atoms with Crippen LogP contribution in [0.25, 0.3) is 0 Å². The minimum atomic E-state index is -0.127. The van der Waals surface area contributed by atoms with Crippen LogP contribution >= 0.6 is 23.4 Å². The van der Waals surface area contributed by atoms with Gasteiger partial charge >= 0.3 is 0 Å². The Morgan fingerprint density at radius 2 is 2.00 bits per heavy atom. The molecule has 2 heterocycles. The molecule has 0 bridgehead atoms. The molecule has 152 valence electrons. The van der Waals surface area contributed by atoms with Gasteiger partial charge in [0.05, 0.1) is 17.8 Å². The van der Waals surface area contributed by atoms with Crippen LogP contribution in [0, 0.1) is 0 Å². The molecule has 5 nitrogen and oxygen atoms in total. The summed E-state index contributed by atoms with van der Waals surface area (Å²) < 4.78 is 11.4. The van der Waals surface area contributed by atoms with Crippen molar-refractivity contribution >= 4 is 40.1 Å². The van der Waals surface area contributed by atoms with Crippen LogP contribution in [0.3, 0.4) is 0 Å². The number of benzene rings is 2. The van der Waals surface area contributed by atoms with Crippen molar-refractivity contribution in [3.8, 4) is 5.75 Å². The van der Waals surface area contributed by atoms with Crippen molar-refractivity contribution in [1.82, 2.24) is 0 Å². The van der Waals surface area contributed by atoms with Gasteiger partial charge < -0.3 is 9.47 Å². The summed E-state index contributed by atoms with van der Waals surface area (Å²) in [4.78, 5) is 19.6. The second-order valence-electron chi connectivity index (χ2n) is 7.16. The summed E-state index contributed by atoms with van der Waals surface area (Å²) in [6.45, 7) is 3.39. The van der Waals surface area contributed by atoms with E-state index in [0.717, 1.165) is 36.6 Å². The van der Waals surface area contributed by atoms with Crippen molar-refractivity contribution in [3.05, 3.63) is 59.1 Å². The van der Waals surface area contributed by atoms with E-state index in [0.29, 0.717) is 22.4 Å². The molecule has 2 aromatic rings. The van der Waals surface area contributed by atoms with E-state index in [1.54, 1.807) is 40.9 Å². The Morgan fingerprint density at radius 3 is 2.62 bits per heavy atom. The first-order valence-corrected chi connectivity index (χ1v) is 11.1. The Kier molecular flexibility index (Phi) is 6.43. The summed E-state index contributed by atoms with van der Waals surface area (Å²) in [6, 6.07) is 14.7. The lowest BCUT2D eigenvalue weighted by Gasteiger charge is -2.22. The number of carbonyl (C=O) groups excluding carboxylic acids is 1. The predicted molar refractivity (Wildman–Crippen MR) is 119 cm³/mol. The van der Waals surface area contributed by atoms with Gasteiger partial charge in [0, 0.05) is 22.9 Å². The Hall–Kier alpha value is -2.02. The zero-order chi connectivity index (χ0) is 20.2. The molecule has 0 saturated carbocycles. The fourth-order valence-electron chi connectivity index (χ4n) is 3.27. The van der Waals surface area contributed by atoms with Crippen LogP contribution in [0.5, 0.6) is 5.75 Å². The number of nitrogens with zero attached hydrogens (tertiary/aromatic N) is 2. The SMILES string of the molecule is C[C@H]1CSC(N(C(=O)c2ccc(OC[C@@H]3CCCO3)cc2)c2ccc(Cl)cc2)=N1. The second kappa shape index (κ2) is 9.20. The van der Waals surface area contributed by atoms with Crippen molar-refractivity contribution < 1.29 is 14.3 Å². The fourth-order valence-corrected chi connectivity index (χ4v) is 4.44. The highest BCUT2D eigenvalue weighted by Gasteiger charge is 2.27. The van der Waals surface area contributed by atoms with Crippen molar-refractivity contribution in [2.75, 3.05) is 23.9 Å². The van der Waals surface area contributed by atoms with E-state index in [4.69, 9.17) is 21.1 Å². The molecule has 1 amide bonds. The van der Waals surface area contributed by atoms with E-state index in [2.05, 4.69) is 4.99 Å². The number of ether oxygens (including phenoxy) is 2. The van der Waals surface area contributed by atoms with Gasteiger partial charge in [0.2, 0.25) is 0 Å². The lowest BCUT2D eigenvalue weighted by molar-refractivity contribution is 0.0679. The Balaban J connectivity index is 1.52. The van der Waals surface area contributed by atoms with Gasteiger partial charge in [-0.15, -0.1) is 0 Å². The number of halogens is 1. The molecule has 0 aliphatic carbocycles. The summed E-state index contributed by atoms with van der Waals surface area (Å²) in [6.07, 6.45) is 2.28. The molecule has 4 rings (SSSR count). The summed E-state index contributed by atoms with van der Waals surface area (Å²) in [5.41, 5.74) is 1.32. The number of hydrogen-bond acceptors (Lipinski definition) is 5. The molecule has 1 saturated heterocycles. The van der Waals surface area contributed by atoms with E-state index in [1.807, 2.05) is 31.2 Å². The molecule has 0 unspecified atom stereocenters. The van der Waals surface area contributed by atoms with Crippen LogP contribution in [-0.4, -0.2) is 42.2 Å². The Morgan fingerprint density at radius 1 is 1.24 bits per heavy atom. The molecule has 2 aromatic carbocycles. The van der Waals surface area contributed by atoms with Gasteiger partial charge in [0.15, 0.2) is 5.17 Å². The zero-order valence-electron chi connectivity index (χ0n) is 16.2. The van der Waals surface area contributed by atoms with E-state index in [-0.39, 0.29) is 18.1 Å². The van der Waals surface area contributed by atoms with Crippen molar-refractivity contribution in [2.45, 2.75) is 31.9 Å². The van der Waals surface area contributed by atoms with Crippen LogP contribution < -0.4 is 9.64 Å². The summed E-state index contributed by atoms with van der Waals surface area (Å²) >= 11 is 7.62. The number of amidine groups is 1. The molecule has 0 aromatic heterocycles. The third-order valence-electron chi connectivity index (χ3n) is 4.82. The molecule has 0 radical (unpaired) electrons. The fraction of sp³-hybridized carbons (Fsp3) is 0.364. The average Bonchev–Trinajstić information content (AvgIpc) is 3.40. The lowest BCUT2D eigenvalue weighted by atomic mass is 10.1. The Bertz CT molecular complexity index is 880. The standard InChI is InChI=1S/C22H23ClN2O3S/c1-15-14-29-22(24-15)25(18-8-6-17(23)7-9-18)21(26)16-4-10-19(11-5-16)28-13-20-3-2-12-27-20/h4-11,15,20H,2-3,12-14H2,1H3/t15-,20-/m0/s1. The van der Waals surface area contributed by atoms with Gasteiger partial charge in [-0.05, 0) is 68.3 Å². The molecule has 2 atom stereocenters. The monoisotopic (exact) mass is 430 g/mol. The van der Waals surface area contributed by atoms with Crippen molar-refractivity contribution in [2.24, 2.45) is 4.99 Å². The largest absolute Gasteiger partial charge is 0.491 e. The molecule has 2 aliphatic heterocycles. The number of thioether (sulfide) groups is 1. The van der Waals surface area contributed by atoms with Gasteiger partial charge in [-0.2, -0.15) is 0 Å². The van der Waals surface area contributed by atoms with Gasteiger partial charge in [-0.1, -0.05) is 23.4 Å². The molecule has 1 fully saturated rings. The second-order valence-corrected chi connectivity index (χ2v) is 8.58. The highest BCUT2D eigenvalue weighted by Crippen LogP contribution is 2.29. The summed E-state index contributed by atoms with van der Waals surface area (Å²) in [7, 11) is 0. The molecule has 29 heavy (non-hydrogen) atoms. The maximum absolute atomic E-state index is 13.3. The number of hydrogen-bond donors (Lipinski definition) is 0. The number of rotatable bonds is 5. The van der Waals surface area contributed by atoms with Crippen LogP contribution in [0.4, 0.5) is 5.69 Å². The predicted octanol–water partition coefficient (Wildman–Crippen LogP) is 5.04. The van der Waals surface area contributed by atoms with Gasteiger partial charge in [0.1, 0.15) is 12.4 Å². The van der Waals surface area contributed by atoms with E-state index in [1.165, 1.54) is 0 Å². The lowest BCUT2D eigenvalue weighted by Crippen LogP contribution is -2.34. The smallest absolute Gasteiger partial charge is 0.264 e. The minimum Gasteiger partial charge on any atom is -0.491 e. The van der Waals surface area contributed by atoms with Gasteiger partial charge in [0.25, 0.3) is 5.91 Å². The zero-order valence-corrected chi connectivity index (χ0v) is 17.8. The first-order valence-electron chi connectivity index (χ1n) is 9.75. The maximum Gasteiger partial charge on any atom is 0.264 e. The summed E-state index contributed by atoms with van der Waals surface area (Å²) in [5.74, 6) is 1.47. The molecule has 2 aliphatic rings.